The van der Waals surface area contributed by atoms with Gasteiger partial charge in [-0.15, -0.1) is 0 Å². The Bertz CT molecular complexity index is 496. The van der Waals surface area contributed by atoms with E-state index in [1.165, 1.54) is 6.42 Å². The first-order valence-corrected chi connectivity index (χ1v) is 7.35. The maximum absolute atomic E-state index is 11.9. The van der Waals surface area contributed by atoms with Gasteiger partial charge in [-0.05, 0) is 49.8 Å². The van der Waals surface area contributed by atoms with E-state index in [4.69, 9.17) is 5.73 Å². The minimum absolute atomic E-state index is 0.0534. The van der Waals surface area contributed by atoms with E-state index in [-0.39, 0.29) is 5.91 Å². The molecular formula is C16H25N3O. The molecule has 0 aromatic heterocycles. The van der Waals surface area contributed by atoms with Crippen molar-refractivity contribution in [2.75, 3.05) is 17.6 Å². The Morgan fingerprint density at radius 2 is 2.20 bits per heavy atom. The highest BCUT2D eigenvalue weighted by atomic mass is 16.1. The van der Waals surface area contributed by atoms with E-state index < -0.39 is 0 Å². The van der Waals surface area contributed by atoms with Crippen LogP contribution in [0.4, 0.5) is 11.4 Å². The van der Waals surface area contributed by atoms with Crippen LogP contribution >= 0.6 is 0 Å². The van der Waals surface area contributed by atoms with Gasteiger partial charge in [-0.3, -0.25) is 4.79 Å². The first-order chi connectivity index (χ1) is 9.41. The number of nitrogens with one attached hydrogen (secondary N) is 2. The first-order valence-electron chi connectivity index (χ1n) is 7.35. The van der Waals surface area contributed by atoms with Gasteiger partial charge in [0, 0.05) is 18.2 Å². The normalized spacial score (nSPS) is 20.6. The van der Waals surface area contributed by atoms with E-state index in [1.54, 1.807) is 12.1 Å². The van der Waals surface area contributed by atoms with Gasteiger partial charge in [0.1, 0.15) is 0 Å². The van der Waals surface area contributed by atoms with Gasteiger partial charge in [-0.2, -0.15) is 0 Å². The summed E-state index contributed by atoms with van der Waals surface area (Å²) in [6.45, 7) is 7.13. The third-order valence-corrected chi connectivity index (χ3v) is 3.98. The van der Waals surface area contributed by atoms with Crippen molar-refractivity contribution in [3.05, 3.63) is 23.8 Å². The number of benzene rings is 1. The maximum Gasteiger partial charge on any atom is 0.251 e. The van der Waals surface area contributed by atoms with Gasteiger partial charge < -0.3 is 16.4 Å². The lowest BCUT2D eigenvalue weighted by atomic mass is 9.92. The van der Waals surface area contributed by atoms with Crippen LogP contribution in [-0.4, -0.2) is 18.5 Å². The number of nitrogens with two attached hydrogens (primary N) is 1. The summed E-state index contributed by atoms with van der Waals surface area (Å²) in [5, 5.41) is 6.30. The van der Waals surface area contributed by atoms with E-state index in [2.05, 4.69) is 24.5 Å². The van der Waals surface area contributed by atoms with Crippen LogP contribution in [0.25, 0.3) is 0 Å². The number of rotatable bonds is 4. The van der Waals surface area contributed by atoms with Gasteiger partial charge in [-0.25, -0.2) is 0 Å². The lowest BCUT2D eigenvalue weighted by Gasteiger charge is -2.20. The van der Waals surface area contributed by atoms with Gasteiger partial charge in [0.2, 0.25) is 0 Å². The molecule has 1 aromatic carbocycles. The van der Waals surface area contributed by atoms with Crippen LogP contribution < -0.4 is 16.4 Å². The van der Waals surface area contributed by atoms with Crippen molar-refractivity contribution in [1.29, 1.82) is 0 Å². The minimum atomic E-state index is -0.0534. The second-order valence-electron chi connectivity index (χ2n) is 6.41. The highest BCUT2D eigenvalue weighted by Crippen LogP contribution is 2.38. The number of nitrogen functional groups attached to an aromatic ring is 1. The topological polar surface area (TPSA) is 67.2 Å². The molecule has 1 saturated carbocycles. The maximum atomic E-state index is 11.9. The Balaban J connectivity index is 2.11. The molecule has 4 heteroatoms. The van der Waals surface area contributed by atoms with Gasteiger partial charge in [0.25, 0.3) is 5.91 Å². The predicted molar refractivity (Wildman–Crippen MR) is 83.9 cm³/mol. The Morgan fingerprint density at radius 1 is 1.45 bits per heavy atom. The van der Waals surface area contributed by atoms with Crippen LogP contribution in [0.1, 0.15) is 50.4 Å². The molecule has 1 amide bonds. The number of carbonyl (C=O) groups excluding carboxylic acids is 1. The third kappa shape index (κ3) is 3.44. The number of anilines is 2. The third-order valence-electron chi connectivity index (χ3n) is 3.98. The van der Waals surface area contributed by atoms with E-state index in [1.807, 2.05) is 13.0 Å². The molecular weight excluding hydrogens is 250 g/mol. The van der Waals surface area contributed by atoms with E-state index in [0.29, 0.717) is 29.3 Å². The fourth-order valence-electron chi connectivity index (χ4n) is 2.86. The molecule has 1 atom stereocenters. The van der Waals surface area contributed by atoms with Gasteiger partial charge in [0.05, 0.1) is 11.4 Å². The van der Waals surface area contributed by atoms with Crippen LogP contribution in [0.2, 0.25) is 0 Å². The average Bonchev–Trinajstić information content (AvgIpc) is 2.72. The summed E-state index contributed by atoms with van der Waals surface area (Å²) in [6, 6.07) is 5.86. The zero-order valence-electron chi connectivity index (χ0n) is 12.6. The van der Waals surface area contributed by atoms with E-state index in [9.17, 15) is 4.79 Å². The lowest BCUT2D eigenvalue weighted by molar-refractivity contribution is 0.0956. The zero-order valence-corrected chi connectivity index (χ0v) is 12.6. The van der Waals surface area contributed by atoms with Gasteiger partial charge in [-0.1, -0.05) is 13.8 Å². The second-order valence-corrected chi connectivity index (χ2v) is 6.41. The highest BCUT2D eigenvalue weighted by molar-refractivity contribution is 5.96. The van der Waals surface area contributed by atoms with E-state index in [0.717, 1.165) is 18.5 Å². The van der Waals surface area contributed by atoms with E-state index >= 15 is 0 Å². The van der Waals surface area contributed by atoms with Crippen LogP contribution in [0.15, 0.2) is 18.2 Å². The number of carbonyl (C=O) groups is 1. The molecule has 0 saturated heterocycles. The molecule has 1 unspecified atom stereocenters. The quantitative estimate of drug-likeness (QED) is 0.740. The fourth-order valence-corrected chi connectivity index (χ4v) is 2.86. The Hall–Kier alpha value is -1.71. The Labute approximate surface area is 121 Å². The molecule has 1 aliphatic carbocycles. The molecule has 0 aliphatic heterocycles. The molecule has 0 heterocycles. The van der Waals surface area contributed by atoms with Crippen molar-refractivity contribution in [3.8, 4) is 0 Å². The van der Waals surface area contributed by atoms with Crippen LogP contribution in [0.5, 0.6) is 0 Å². The molecule has 0 bridgehead atoms. The van der Waals surface area contributed by atoms with Crippen molar-refractivity contribution in [2.45, 2.75) is 46.1 Å². The molecule has 2 rings (SSSR count). The molecule has 0 spiro atoms. The highest BCUT2D eigenvalue weighted by Gasteiger charge is 2.31. The van der Waals surface area contributed by atoms with Crippen LogP contribution in [0, 0.1) is 5.41 Å². The van der Waals surface area contributed by atoms with Crippen molar-refractivity contribution in [2.24, 2.45) is 5.41 Å². The number of hydrogen-bond acceptors (Lipinski definition) is 3. The first kappa shape index (κ1) is 14.7. The Kier molecular flexibility index (Phi) is 4.21. The smallest absolute Gasteiger partial charge is 0.251 e. The molecule has 1 aliphatic rings. The summed E-state index contributed by atoms with van der Waals surface area (Å²) in [6.07, 6.45) is 3.51. The van der Waals surface area contributed by atoms with Crippen molar-refractivity contribution in [3.63, 3.8) is 0 Å². The monoisotopic (exact) mass is 275 g/mol. The Morgan fingerprint density at radius 3 is 2.80 bits per heavy atom. The summed E-state index contributed by atoms with van der Waals surface area (Å²) in [5.74, 6) is -0.0534. The number of amides is 1. The van der Waals surface area contributed by atoms with Crippen molar-refractivity contribution >= 4 is 17.3 Å². The summed E-state index contributed by atoms with van der Waals surface area (Å²) in [5.41, 5.74) is 8.63. The zero-order chi connectivity index (χ0) is 14.8. The predicted octanol–water partition coefficient (Wildman–Crippen LogP) is 3.01. The molecule has 110 valence electrons. The van der Waals surface area contributed by atoms with Gasteiger partial charge >= 0.3 is 0 Å². The fraction of sp³-hybridized carbons (Fsp3) is 0.562. The summed E-state index contributed by atoms with van der Waals surface area (Å²) in [4.78, 5) is 11.9. The van der Waals surface area contributed by atoms with Crippen LogP contribution in [-0.2, 0) is 0 Å². The summed E-state index contributed by atoms with van der Waals surface area (Å²) >= 11 is 0. The SMILES string of the molecule is CCNC(=O)c1ccc(N)c(NC2CCC(C)(C)C2)c1. The molecule has 1 fully saturated rings. The molecule has 4 N–H and O–H groups in total. The molecule has 0 radical (unpaired) electrons. The largest absolute Gasteiger partial charge is 0.397 e. The molecule has 20 heavy (non-hydrogen) atoms. The van der Waals surface area contributed by atoms with Gasteiger partial charge in [0.15, 0.2) is 0 Å². The molecule has 1 aromatic rings. The summed E-state index contributed by atoms with van der Waals surface area (Å²) < 4.78 is 0. The molecule has 4 nitrogen and oxygen atoms in total. The average molecular weight is 275 g/mol. The summed E-state index contributed by atoms with van der Waals surface area (Å²) in [7, 11) is 0. The lowest BCUT2D eigenvalue weighted by Crippen LogP contribution is -2.23. The van der Waals surface area contributed by atoms with Crippen LogP contribution in [0.3, 0.4) is 0 Å². The minimum Gasteiger partial charge on any atom is -0.397 e. The standard InChI is InChI=1S/C16H25N3O/c1-4-18-15(20)11-5-6-13(17)14(9-11)19-12-7-8-16(2,3)10-12/h5-6,9,12,19H,4,7-8,10,17H2,1-3H3,(H,18,20). The number of hydrogen-bond donors (Lipinski definition) is 3. The van der Waals surface area contributed by atoms with Crippen molar-refractivity contribution in [1.82, 2.24) is 5.32 Å². The van der Waals surface area contributed by atoms with Crippen molar-refractivity contribution < 1.29 is 4.79 Å². The second kappa shape index (κ2) is 5.73.